The van der Waals surface area contributed by atoms with Crippen LogP contribution in [-0.4, -0.2) is 33.9 Å². The molecular formula is C20H19N3O. The molecule has 4 nitrogen and oxygen atoms in total. The fraction of sp³-hybridized carbons (Fsp3) is 0.250. The molecule has 3 aromatic rings. The number of aromatic nitrogens is 2. The van der Waals surface area contributed by atoms with E-state index in [0.717, 1.165) is 31.4 Å². The van der Waals surface area contributed by atoms with Gasteiger partial charge >= 0.3 is 0 Å². The summed E-state index contributed by atoms with van der Waals surface area (Å²) in [6.07, 6.45) is 7.18. The monoisotopic (exact) mass is 317 g/mol. The standard InChI is InChI=1S/C20H19N3O/c24-20(18-7-2-9-21-13-18)23-11-8-15(14-23)12-17-5-1-4-16-6-3-10-22-19(16)17/h1-7,9-10,13,15H,8,11-12,14H2/t15-/m1/s1. The predicted molar refractivity (Wildman–Crippen MR) is 93.7 cm³/mol. The lowest BCUT2D eigenvalue weighted by Crippen LogP contribution is -2.29. The lowest BCUT2D eigenvalue weighted by Gasteiger charge is -2.16. The average molecular weight is 317 g/mol. The summed E-state index contributed by atoms with van der Waals surface area (Å²) in [7, 11) is 0. The Bertz CT molecular complexity index is 858. The number of para-hydroxylation sites is 1. The van der Waals surface area contributed by atoms with E-state index in [1.165, 1.54) is 10.9 Å². The number of nitrogens with zero attached hydrogens (tertiary/aromatic N) is 3. The molecule has 0 bridgehead atoms. The van der Waals surface area contributed by atoms with Crippen molar-refractivity contribution in [2.45, 2.75) is 12.8 Å². The summed E-state index contributed by atoms with van der Waals surface area (Å²) in [5.74, 6) is 0.569. The highest BCUT2D eigenvalue weighted by Gasteiger charge is 2.27. The molecule has 24 heavy (non-hydrogen) atoms. The Morgan fingerprint density at radius 2 is 2.00 bits per heavy atom. The molecule has 1 saturated heterocycles. The molecule has 1 aliphatic rings. The summed E-state index contributed by atoms with van der Waals surface area (Å²) in [4.78, 5) is 23.1. The Kier molecular flexibility index (Phi) is 3.95. The number of benzene rings is 1. The van der Waals surface area contributed by atoms with Gasteiger partial charge in [0.25, 0.3) is 5.91 Å². The number of rotatable bonds is 3. The summed E-state index contributed by atoms with van der Waals surface area (Å²) in [6, 6.07) is 14.0. The van der Waals surface area contributed by atoms with Crippen LogP contribution in [0.15, 0.2) is 61.1 Å². The van der Waals surface area contributed by atoms with Crippen LogP contribution in [0.4, 0.5) is 0 Å². The molecule has 0 spiro atoms. The Morgan fingerprint density at radius 3 is 2.88 bits per heavy atom. The molecule has 2 aromatic heterocycles. The fourth-order valence-electron chi connectivity index (χ4n) is 3.50. The second kappa shape index (κ2) is 6.40. The van der Waals surface area contributed by atoms with Crippen molar-refractivity contribution >= 4 is 16.8 Å². The Labute approximate surface area is 141 Å². The van der Waals surface area contributed by atoms with Gasteiger partial charge in [0, 0.05) is 37.1 Å². The topological polar surface area (TPSA) is 46.1 Å². The van der Waals surface area contributed by atoms with Crippen LogP contribution in [0, 0.1) is 5.92 Å². The van der Waals surface area contributed by atoms with Gasteiger partial charge in [0.1, 0.15) is 0 Å². The second-order valence-corrected chi connectivity index (χ2v) is 6.34. The van der Waals surface area contributed by atoms with E-state index < -0.39 is 0 Å². The first-order valence-electron chi connectivity index (χ1n) is 8.33. The number of carbonyl (C=O) groups excluding carboxylic acids is 1. The van der Waals surface area contributed by atoms with Gasteiger partial charge in [-0.15, -0.1) is 0 Å². The molecule has 0 unspecified atom stereocenters. The first-order chi connectivity index (χ1) is 11.8. The quantitative estimate of drug-likeness (QED) is 0.744. The van der Waals surface area contributed by atoms with Gasteiger partial charge in [-0.1, -0.05) is 24.3 Å². The maximum absolute atomic E-state index is 12.5. The predicted octanol–water partition coefficient (Wildman–Crippen LogP) is 3.33. The second-order valence-electron chi connectivity index (χ2n) is 6.34. The average Bonchev–Trinajstić information content (AvgIpc) is 3.11. The zero-order chi connectivity index (χ0) is 16.4. The van der Waals surface area contributed by atoms with Crippen molar-refractivity contribution in [2.75, 3.05) is 13.1 Å². The van der Waals surface area contributed by atoms with Crippen LogP contribution >= 0.6 is 0 Å². The van der Waals surface area contributed by atoms with Crippen LogP contribution in [0.3, 0.4) is 0 Å². The number of pyridine rings is 2. The SMILES string of the molecule is O=C(c1cccnc1)N1CC[C@H](Cc2cccc3cccnc23)C1. The van der Waals surface area contributed by atoms with E-state index in [1.54, 1.807) is 12.4 Å². The van der Waals surface area contributed by atoms with Gasteiger partial charge in [0.2, 0.25) is 0 Å². The zero-order valence-corrected chi connectivity index (χ0v) is 13.4. The number of carbonyl (C=O) groups is 1. The molecule has 0 N–H and O–H groups in total. The lowest BCUT2D eigenvalue weighted by atomic mass is 9.96. The Balaban J connectivity index is 1.48. The lowest BCUT2D eigenvalue weighted by molar-refractivity contribution is 0.0786. The van der Waals surface area contributed by atoms with Crippen LogP contribution in [0.25, 0.3) is 10.9 Å². The molecule has 4 rings (SSSR count). The van der Waals surface area contributed by atoms with Crippen LogP contribution < -0.4 is 0 Å². The van der Waals surface area contributed by atoms with Gasteiger partial charge < -0.3 is 4.90 Å². The number of amides is 1. The maximum atomic E-state index is 12.5. The first kappa shape index (κ1) is 14.8. The summed E-state index contributed by atoms with van der Waals surface area (Å²) in [5.41, 5.74) is 3.02. The molecule has 120 valence electrons. The van der Waals surface area contributed by atoms with Crippen LogP contribution in [0.2, 0.25) is 0 Å². The van der Waals surface area contributed by atoms with Gasteiger partial charge in [0.15, 0.2) is 0 Å². The number of fused-ring (bicyclic) bond motifs is 1. The fourth-order valence-corrected chi connectivity index (χ4v) is 3.50. The minimum absolute atomic E-state index is 0.0849. The maximum Gasteiger partial charge on any atom is 0.255 e. The van der Waals surface area contributed by atoms with E-state index in [-0.39, 0.29) is 5.91 Å². The number of hydrogen-bond donors (Lipinski definition) is 0. The molecule has 1 atom stereocenters. The number of hydrogen-bond acceptors (Lipinski definition) is 3. The van der Waals surface area contributed by atoms with Crippen LogP contribution in [-0.2, 0) is 6.42 Å². The minimum atomic E-state index is 0.0849. The third kappa shape index (κ3) is 2.87. The van der Waals surface area contributed by atoms with Crippen molar-refractivity contribution in [3.05, 3.63) is 72.2 Å². The summed E-state index contributed by atoms with van der Waals surface area (Å²) >= 11 is 0. The highest BCUT2D eigenvalue weighted by molar-refractivity contribution is 5.94. The zero-order valence-electron chi connectivity index (χ0n) is 13.4. The smallest absolute Gasteiger partial charge is 0.255 e. The Morgan fingerprint density at radius 1 is 1.12 bits per heavy atom. The van der Waals surface area contributed by atoms with Crippen molar-refractivity contribution in [3.63, 3.8) is 0 Å². The molecule has 1 aliphatic heterocycles. The summed E-state index contributed by atoms with van der Waals surface area (Å²) in [6.45, 7) is 1.62. The minimum Gasteiger partial charge on any atom is -0.338 e. The van der Waals surface area contributed by atoms with Gasteiger partial charge in [0.05, 0.1) is 11.1 Å². The highest BCUT2D eigenvalue weighted by atomic mass is 16.2. The molecule has 4 heteroatoms. The normalized spacial score (nSPS) is 17.3. The van der Waals surface area contributed by atoms with Gasteiger partial charge in [-0.25, -0.2) is 0 Å². The summed E-state index contributed by atoms with van der Waals surface area (Å²) in [5, 5.41) is 1.18. The van der Waals surface area contributed by atoms with E-state index in [9.17, 15) is 4.79 Å². The van der Waals surface area contributed by atoms with Crippen molar-refractivity contribution < 1.29 is 4.79 Å². The van der Waals surface area contributed by atoms with Gasteiger partial charge in [-0.2, -0.15) is 0 Å². The van der Waals surface area contributed by atoms with E-state index >= 15 is 0 Å². The van der Waals surface area contributed by atoms with Crippen LogP contribution in [0.1, 0.15) is 22.3 Å². The van der Waals surface area contributed by atoms with Crippen molar-refractivity contribution in [2.24, 2.45) is 5.92 Å². The molecule has 1 fully saturated rings. The third-order valence-electron chi connectivity index (χ3n) is 4.71. The van der Waals surface area contributed by atoms with Gasteiger partial charge in [-0.05, 0) is 42.5 Å². The van der Waals surface area contributed by atoms with Crippen LogP contribution in [0.5, 0.6) is 0 Å². The Hall–Kier alpha value is -2.75. The van der Waals surface area contributed by atoms with Crippen molar-refractivity contribution in [1.29, 1.82) is 0 Å². The molecular weight excluding hydrogens is 298 g/mol. The van der Waals surface area contributed by atoms with E-state index in [4.69, 9.17) is 0 Å². The van der Waals surface area contributed by atoms with E-state index in [2.05, 4.69) is 34.2 Å². The van der Waals surface area contributed by atoms with E-state index in [0.29, 0.717) is 11.5 Å². The number of likely N-dealkylation sites (tertiary alicyclic amines) is 1. The molecule has 1 aromatic carbocycles. The molecule has 0 saturated carbocycles. The molecule has 0 aliphatic carbocycles. The van der Waals surface area contributed by atoms with Gasteiger partial charge in [-0.3, -0.25) is 14.8 Å². The van der Waals surface area contributed by atoms with E-state index in [1.807, 2.05) is 29.3 Å². The highest BCUT2D eigenvalue weighted by Crippen LogP contribution is 2.25. The van der Waals surface area contributed by atoms with Crippen molar-refractivity contribution in [3.8, 4) is 0 Å². The first-order valence-corrected chi connectivity index (χ1v) is 8.33. The van der Waals surface area contributed by atoms with Crippen molar-refractivity contribution in [1.82, 2.24) is 14.9 Å². The molecule has 3 heterocycles. The summed E-state index contributed by atoms with van der Waals surface area (Å²) < 4.78 is 0. The largest absolute Gasteiger partial charge is 0.338 e. The molecule has 1 amide bonds. The third-order valence-corrected chi connectivity index (χ3v) is 4.71. The molecule has 0 radical (unpaired) electrons.